The summed E-state index contributed by atoms with van der Waals surface area (Å²) in [5.74, 6) is -0.211. The van der Waals surface area contributed by atoms with E-state index in [0.29, 0.717) is 17.1 Å². The van der Waals surface area contributed by atoms with Crippen molar-refractivity contribution in [2.45, 2.75) is 13.8 Å². The van der Waals surface area contributed by atoms with Crippen LogP contribution in [0.25, 0.3) is 0 Å². The molecule has 0 atom stereocenters. The summed E-state index contributed by atoms with van der Waals surface area (Å²) in [4.78, 5) is 22.2. The molecule has 0 aliphatic heterocycles. The highest BCUT2D eigenvalue weighted by atomic mass is 16.6. The number of aromatic nitrogens is 3. The fourth-order valence-corrected chi connectivity index (χ4v) is 1.66. The Morgan fingerprint density at radius 3 is 2.74 bits per heavy atom. The molecule has 0 unspecified atom stereocenters. The number of nitrogens with zero attached hydrogens (tertiary/aromatic N) is 4. The molecule has 0 fully saturated rings. The molecule has 0 aliphatic rings. The summed E-state index contributed by atoms with van der Waals surface area (Å²) < 4.78 is 6.04. The quantitative estimate of drug-likeness (QED) is 0.658. The molecule has 0 saturated heterocycles. The van der Waals surface area contributed by atoms with Crippen LogP contribution in [0.15, 0.2) is 10.7 Å². The highest BCUT2D eigenvalue weighted by molar-refractivity contribution is 6.06. The van der Waals surface area contributed by atoms with Crippen molar-refractivity contribution in [1.29, 1.82) is 0 Å². The van der Waals surface area contributed by atoms with Crippen LogP contribution in [0.5, 0.6) is 0 Å². The molecule has 9 heteroatoms. The molecule has 100 valence electrons. The van der Waals surface area contributed by atoms with Gasteiger partial charge in [-0.25, -0.2) is 0 Å². The van der Waals surface area contributed by atoms with Crippen LogP contribution >= 0.6 is 0 Å². The Labute approximate surface area is 107 Å². The van der Waals surface area contributed by atoms with Crippen LogP contribution in [0.4, 0.5) is 11.4 Å². The fraction of sp³-hybridized carbons (Fsp3) is 0.300. The van der Waals surface area contributed by atoms with Crippen molar-refractivity contribution in [2.24, 2.45) is 7.05 Å². The molecule has 2 rings (SSSR count). The molecule has 2 aromatic heterocycles. The molecule has 0 bridgehead atoms. The minimum atomic E-state index is -0.657. The van der Waals surface area contributed by atoms with Crippen molar-refractivity contribution < 1.29 is 14.2 Å². The Hall–Kier alpha value is -2.71. The summed E-state index contributed by atoms with van der Waals surface area (Å²) >= 11 is 0. The molecule has 0 aromatic carbocycles. The molecule has 0 radical (unpaired) electrons. The van der Waals surface area contributed by atoms with Crippen molar-refractivity contribution in [3.63, 3.8) is 0 Å². The van der Waals surface area contributed by atoms with Crippen LogP contribution in [-0.2, 0) is 7.05 Å². The molecule has 0 saturated carbocycles. The normalized spacial score (nSPS) is 10.5. The average Bonchev–Trinajstić information content (AvgIpc) is 2.86. The van der Waals surface area contributed by atoms with Gasteiger partial charge in [0.25, 0.3) is 5.91 Å². The number of carbonyl (C=O) groups is 1. The van der Waals surface area contributed by atoms with Gasteiger partial charge in [0.1, 0.15) is 17.6 Å². The lowest BCUT2D eigenvalue weighted by Gasteiger charge is -2.04. The Morgan fingerprint density at radius 2 is 2.21 bits per heavy atom. The SMILES string of the molecule is Cc1noc(C)c1NC(=O)c1c([N+](=O)[O-])cnn1C. The lowest BCUT2D eigenvalue weighted by Crippen LogP contribution is -2.18. The first-order valence-electron chi connectivity index (χ1n) is 5.32. The molecule has 0 spiro atoms. The van der Waals surface area contributed by atoms with Crippen LogP contribution in [0.2, 0.25) is 0 Å². The van der Waals surface area contributed by atoms with Crippen LogP contribution in [0, 0.1) is 24.0 Å². The standard InChI is InChI=1S/C10H11N5O4/c1-5-8(6(2)19-13-5)12-10(16)9-7(15(17)18)4-11-14(9)3/h4H,1-3H3,(H,12,16). The van der Waals surface area contributed by atoms with E-state index < -0.39 is 10.8 Å². The van der Waals surface area contributed by atoms with E-state index in [1.807, 2.05) is 0 Å². The highest BCUT2D eigenvalue weighted by Crippen LogP contribution is 2.22. The smallest absolute Gasteiger partial charge is 0.320 e. The van der Waals surface area contributed by atoms with Gasteiger partial charge in [0, 0.05) is 7.05 Å². The Bertz CT molecular complexity index is 637. The van der Waals surface area contributed by atoms with Crippen LogP contribution in [0.3, 0.4) is 0 Å². The van der Waals surface area contributed by atoms with E-state index >= 15 is 0 Å². The summed E-state index contributed by atoms with van der Waals surface area (Å²) in [5, 5.41) is 20.7. The first-order chi connectivity index (χ1) is 8.91. The molecule has 9 nitrogen and oxygen atoms in total. The molecule has 2 heterocycles. The van der Waals surface area contributed by atoms with Crippen molar-refractivity contribution in [2.75, 3.05) is 5.32 Å². The molecule has 0 aliphatic carbocycles. The van der Waals surface area contributed by atoms with Gasteiger partial charge < -0.3 is 9.84 Å². The van der Waals surface area contributed by atoms with E-state index in [0.717, 1.165) is 10.9 Å². The van der Waals surface area contributed by atoms with Crippen molar-refractivity contribution >= 4 is 17.3 Å². The molecule has 2 aromatic rings. The number of aryl methyl sites for hydroxylation is 3. The second-order valence-electron chi connectivity index (χ2n) is 3.91. The minimum Gasteiger partial charge on any atom is -0.359 e. The van der Waals surface area contributed by atoms with E-state index in [1.54, 1.807) is 13.8 Å². The number of amides is 1. The summed E-state index contributed by atoms with van der Waals surface area (Å²) in [6.45, 7) is 3.29. The van der Waals surface area contributed by atoms with Gasteiger partial charge in [-0.15, -0.1) is 0 Å². The number of anilines is 1. The Morgan fingerprint density at radius 1 is 1.53 bits per heavy atom. The monoisotopic (exact) mass is 265 g/mol. The zero-order valence-electron chi connectivity index (χ0n) is 10.5. The van der Waals surface area contributed by atoms with E-state index in [9.17, 15) is 14.9 Å². The van der Waals surface area contributed by atoms with E-state index in [-0.39, 0.29) is 11.4 Å². The third-order valence-corrected chi connectivity index (χ3v) is 2.60. The van der Waals surface area contributed by atoms with Crippen molar-refractivity contribution in [3.05, 3.63) is 33.5 Å². The summed E-state index contributed by atoms with van der Waals surface area (Å²) in [6.07, 6.45) is 1.03. The third kappa shape index (κ3) is 2.17. The van der Waals surface area contributed by atoms with Crippen LogP contribution in [-0.4, -0.2) is 25.8 Å². The molecule has 1 amide bonds. The van der Waals surface area contributed by atoms with E-state index in [2.05, 4.69) is 15.6 Å². The van der Waals surface area contributed by atoms with Crippen molar-refractivity contribution in [3.8, 4) is 0 Å². The van der Waals surface area contributed by atoms with Gasteiger partial charge >= 0.3 is 5.69 Å². The highest BCUT2D eigenvalue weighted by Gasteiger charge is 2.26. The van der Waals surface area contributed by atoms with Gasteiger partial charge in [-0.05, 0) is 13.8 Å². The number of carbonyl (C=O) groups excluding carboxylic acids is 1. The topological polar surface area (TPSA) is 116 Å². The van der Waals surface area contributed by atoms with Gasteiger partial charge in [-0.2, -0.15) is 5.10 Å². The zero-order chi connectivity index (χ0) is 14.2. The molecule has 1 N–H and O–H groups in total. The summed E-state index contributed by atoms with van der Waals surface area (Å²) in [7, 11) is 1.45. The molecular formula is C10H11N5O4. The average molecular weight is 265 g/mol. The minimum absolute atomic E-state index is 0.134. The molecular weight excluding hydrogens is 254 g/mol. The lowest BCUT2D eigenvalue weighted by atomic mass is 10.3. The first-order valence-corrected chi connectivity index (χ1v) is 5.32. The number of hydrogen-bond donors (Lipinski definition) is 1. The lowest BCUT2D eigenvalue weighted by molar-refractivity contribution is -0.385. The fourth-order valence-electron chi connectivity index (χ4n) is 1.66. The maximum atomic E-state index is 12.1. The van der Waals surface area contributed by atoms with Gasteiger partial charge in [-0.1, -0.05) is 5.16 Å². The van der Waals surface area contributed by atoms with Crippen LogP contribution in [0.1, 0.15) is 21.9 Å². The second kappa shape index (κ2) is 4.52. The predicted molar refractivity (Wildman–Crippen MR) is 63.8 cm³/mol. The summed E-state index contributed by atoms with van der Waals surface area (Å²) in [5.41, 5.74) is 0.410. The number of nitro groups is 1. The molecule has 19 heavy (non-hydrogen) atoms. The predicted octanol–water partition coefficient (Wildman–Crippen LogP) is 1.19. The van der Waals surface area contributed by atoms with Gasteiger partial charge in [-0.3, -0.25) is 19.6 Å². The van der Waals surface area contributed by atoms with Gasteiger partial charge in [0.2, 0.25) is 5.69 Å². The van der Waals surface area contributed by atoms with E-state index in [4.69, 9.17) is 4.52 Å². The summed E-state index contributed by atoms with van der Waals surface area (Å²) in [6, 6.07) is 0. The van der Waals surface area contributed by atoms with Gasteiger partial charge in [0.15, 0.2) is 5.76 Å². The Kier molecular flexibility index (Phi) is 3.03. The van der Waals surface area contributed by atoms with Crippen LogP contribution < -0.4 is 5.32 Å². The maximum Gasteiger partial charge on any atom is 0.320 e. The maximum absolute atomic E-state index is 12.1. The third-order valence-electron chi connectivity index (χ3n) is 2.60. The van der Waals surface area contributed by atoms with E-state index in [1.165, 1.54) is 7.05 Å². The number of nitrogens with one attached hydrogen (secondary N) is 1. The zero-order valence-corrected chi connectivity index (χ0v) is 10.5. The second-order valence-corrected chi connectivity index (χ2v) is 3.91. The van der Waals surface area contributed by atoms with Crippen molar-refractivity contribution in [1.82, 2.24) is 14.9 Å². The number of hydrogen-bond acceptors (Lipinski definition) is 6. The Balaban J connectivity index is 2.36. The first kappa shape index (κ1) is 12.7. The van der Waals surface area contributed by atoms with Gasteiger partial charge in [0.05, 0.1) is 4.92 Å². The largest absolute Gasteiger partial charge is 0.359 e. The number of rotatable bonds is 3.